The second-order valence-corrected chi connectivity index (χ2v) is 6.01. The van der Waals surface area contributed by atoms with Crippen molar-refractivity contribution in [2.45, 2.75) is 33.0 Å². The van der Waals surface area contributed by atoms with Crippen LogP contribution < -0.4 is 10.2 Å². The molecule has 0 bridgehead atoms. The Morgan fingerprint density at radius 2 is 1.80 bits per heavy atom. The predicted molar refractivity (Wildman–Crippen MR) is 110 cm³/mol. The van der Waals surface area contributed by atoms with Crippen molar-refractivity contribution in [3.63, 3.8) is 0 Å². The van der Waals surface area contributed by atoms with Gasteiger partial charge in [0.25, 0.3) is 0 Å². The molecule has 1 heterocycles. The summed E-state index contributed by atoms with van der Waals surface area (Å²) in [5.41, 5.74) is 2.93. The third kappa shape index (κ3) is 5.24. The minimum Gasteiger partial charge on any atom is -0.345 e. The zero-order valence-corrected chi connectivity index (χ0v) is 15.8. The van der Waals surface area contributed by atoms with Crippen LogP contribution in [0.25, 0.3) is 0 Å². The van der Waals surface area contributed by atoms with Gasteiger partial charge in [-0.05, 0) is 35.1 Å². The van der Waals surface area contributed by atoms with E-state index in [2.05, 4.69) is 54.5 Å². The van der Waals surface area contributed by atoms with E-state index in [9.17, 15) is 0 Å². The van der Waals surface area contributed by atoms with Crippen LogP contribution in [-0.4, -0.2) is 18.7 Å². The van der Waals surface area contributed by atoms with Gasteiger partial charge in [0, 0.05) is 24.9 Å². The van der Waals surface area contributed by atoms with Gasteiger partial charge in [0.05, 0.1) is 11.6 Å². The topological polar surface area (TPSA) is 51.8 Å². The van der Waals surface area contributed by atoms with E-state index < -0.39 is 0 Å². The van der Waals surface area contributed by atoms with Crippen LogP contribution in [0.1, 0.15) is 31.4 Å². The molecule has 2 aromatic rings. The molecule has 2 unspecified atom stereocenters. The van der Waals surface area contributed by atoms with E-state index in [-0.39, 0.29) is 6.17 Å². The van der Waals surface area contributed by atoms with Gasteiger partial charge in [-0.25, -0.2) is 9.98 Å². The molecule has 0 saturated carbocycles. The number of anilines is 1. The van der Waals surface area contributed by atoms with Crippen LogP contribution in [0.5, 0.6) is 0 Å². The summed E-state index contributed by atoms with van der Waals surface area (Å²) in [5.74, 6) is 0. The average Bonchev–Trinajstić information content (AvgIpc) is 2.70. The molecule has 25 heavy (non-hydrogen) atoms. The Morgan fingerprint density at radius 3 is 2.36 bits per heavy atom. The lowest BCUT2D eigenvalue weighted by Gasteiger charge is -2.31. The van der Waals surface area contributed by atoms with Crippen LogP contribution in [-0.2, 0) is 6.54 Å². The highest BCUT2D eigenvalue weighted by atomic mass is 31.0. The number of nitrogens with zero attached hydrogens (tertiary/aromatic N) is 4. The van der Waals surface area contributed by atoms with Crippen molar-refractivity contribution in [2.75, 3.05) is 4.90 Å². The van der Waals surface area contributed by atoms with Crippen LogP contribution in [0.3, 0.4) is 0 Å². The molecule has 0 fully saturated rings. The lowest BCUT2D eigenvalue weighted by Crippen LogP contribution is -2.35. The first kappa shape index (κ1) is 18.8. The van der Waals surface area contributed by atoms with Gasteiger partial charge < -0.3 is 4.90 Å². The van der Waals surface area contributed by atoms with Crippen molar-refractivity contribution in [3.8, 4) is 6.07 Å². The van der Waals surface area contributed by atoms with Crippen molar-refractivity contribution >= 4 is 32.8 Å². The number of benzene rings is 2. The molecule has 0 radical (unpaired) electrons. The highest BCUT2D eigenvalue weighted by Crippen LogP contribution is 2.23. The molecular weight excluding hydrogens is 327 g/mol. The summed E-state index contributed by atoms with van der Waals surface area (Å²) in [6, 6.07) is 18.2. The van der Waals surface area contributed by atoms with Crippen LogP contribution in [0, 0.1) is 11.3 Å². The van der Waals surface area contributed by atoms with Gasteiger partial charge >= 0.3 is 0 Å². The molecule has 4 nitrogen and oxygen atoms in total. The molecule has 1 aliphatic rings. The van der Waals surface area contributed by atoms with Gasteiger partial charge in [-0.3, -0.25) is 0 Å². The Bertz CT molecular complexity index is 758. The molecule has 128 valence electrons. The first-order chi connectivity index (χ1) is 12.3. The highest BCUT2D eigenvalue weighted by Gasteiger charge is 2.18. The molecule has 0 spiro atoms. The number of hydrogen-bond acceptors (Lipinski definition) is 4. The smallest absolute Gasteiger partial charge is 0.128 e. The lowest BCUT2D eigenvalue weighted by molar-refractivity contribution is 0.630. The van der Waals surface area contributed by atoms with Crippen LogP contribution in [0.2, 0.25) is 0 Å². The van der Waals surface area contributed by atoms with Gasteiger partial charge in [-0.15, -0.1) is 9.24 Å². The minimum absolute atomic E-state index is 0.0242. The average molecular weight is 350 g/mol. The fourth-order valence-electron chi connectivity index (χ4n) is 2.50. The van der Waals surface area contributed by atoms with Gasteiger partial charge in [0.2, 0.25) is 0 Å². The van der Waals surface area contributed by atoms with Crippen LogP contribution in [0.15, 0.2) is 58.5 Å². The molecule has 1 aliphatic heterocycles. The summed E-state index contributed by atoms with van der Waals surface area (Å²) in [7, 11) is 2.70. The normalized spacial score (nSPS) is 15.0. The summed E-state index contributed by atoms with van der Waals surface area (Å²) in [6.45, 7) is 4.76. The summed E-state index contributed by atoms with van der Waals surface area (Å²) < 4.78 is 0. The Hall–Kier alpha value is -2.50. The third-order valence-corrected chi connectivity index (χ3v) is 4.13. The minimum atomic E-state index is 0.0242. The van der Waals surface area contributed by atoms with Crippen LogP contribution in [0.4, 0.5) is 5.69 Å². The largest absolute Gasteiger partial charge is 0.345 e. The maximum Gasteiger partial charge on any atom is 0.128 e. The van der Waals surface area contributed by atoms with Crippen molar-refractivity contribution < 1.29 is 0 Å². The summed E-state index contributed by atoms with van der Waals surface area (Å²) >= 11 is 0. The van der Waals surface area contributed by atoms with E-state index in [4.69, 9.17) is 5.26 Å². The van der Waals surface area contributed by atoms with Gasteiger partial charge in [0.1, 0.15) is 12.5 Å². The Balaban J connectivity index is 0.00000109. The fourth-order valence-corrected chi connectivity index (χ4v) is 2.69. The molecular formula is C20H23N4P. The van der Waals surface area contributed by atoms with E-state index in [1.165, 1.54) is 10.9 Å². The Kier molecular flexibility index (Phi) is 7.32. The first-order valence-electron chi connectivity index (χ1n) is 8.41. The maximum atomic E-state index is 8.97. The van der Waals surface area contributed by atoms with Crippen molar-refractivity contribution in [3.05, 3.63) is 59.7 Å². The monoisotopic (exact) mass is 350 g/mol. The Labute approximate surface area is 152 Å². The lowest BCUT2D eigenvalue weighted by atomic mass is 10.1. The standard InChI is InChI=1S/C18H17N4P.C2H6/c19-11-14-1-5-16(6-2-14)22(18-9-10-20-13-21-18)12-15-3-7-17(23)8-4-15;1-2/h1-8,10,13,18H,9,12,23H2;1-2H3. The fraction of sp³-hybridized carbons (Fsp3) is 0.250. The molecule has 0 N–H and O–H groups in total. The SMILES string of the molecule is CC.N#Cc1ccc(N(Cc2ccc(P)cc2)C2CC=NC=N2)cc1. The second-order valence-electron chi connectivity index (χ2n) is 5.34. The molecule has 0 saturated heterocycles. The zero-order valence-electron chi connectivity index (χ0n) is 14.6. The highest BCUT2D eigenvalue weighted by molar-refractivity contribution is 7.27. The van der Waals surface area contributed by atoms with E-state index >= 15 is 0 Å². The maximum absolute atomic E-state index is 8.97. The van der Waals surface area contributed by atoms with Crippen molar-refractivity contribution in [2.24, 2.45) is 9.98 Å². The molecule has 0 aliphatic carbocycles. The van der Waals surface area contributed by atoms with E-state index in [0.29, 0.717) is 5.56 Å². The Morgan fingerprint density at radius 1 is 1.12 bits per heavy atom. The molecule has 3 rings (SSSR count). The summed E-state index contributed by atoms with van der Waals surface area (Å²) in [6.07, 6.45) is 4.30. The number of aliphatic imine (C=N–C) groups is 2. The first-order valence-corrected chi connectivity index (χ1v) is 8.98. The molecule has 5 heteroatoms. The van der Waals surface area contributed by atoms with Crippen molar-refractivity contribution in [1.82, 2.24) is 0 Å². The number of hydrogen-bond donors (Lipinski definition) is 0. The second kappa shape index (κ2) is 9.71. The molecule has 0 amide bonds. The molecule has 2 atom stereocenters. The summed E-state index contributed by atoms with van der Waals surface area (Å²) in [5, 5.41) is 10.1. The molecule has 0 aromatic heterocycles. The van der Waals surface area contributed by atoms with Crippen LogP contribution >= 0.6 is 9.24 Å². The number of nitriles is 1. The van der Waals surface area contributed by atoms with Gasteiger partial charge in [-0.2, -0.15) is 5.26 Å². The predicted octanol–water partition coefficient (Wildman–Crippen LogP) is 3.92. The number of rotatable bonds is 4. The van der Waals surface area contributed by atoms with Gasteiger partial charge in [0.15, 0.2) is 0 Å². The van der Waals surface area contributed by atoms with E-state index in [0.717, 1.165) is 18.7 Å². The third-order valence-electron chi connectivity index (χ3n) is 3.75. The quantitative estimate of drug-likeness (QED) is 0.785. The van der Waals surface area contributed by atoms with Crippen molar-refractivity contribution in [1.29, 1.82) is 5.26 Å². The zero-order chi connectivity index (χ0) is 18.1. The summed E-state index contributed by atoms with van der Waals surface area (Å²) in [4.78, 5) is 10.8. The van der Waals surface area contributed by atoms with E-state index in [1.807, 2.05) is 44.3 Å². The van der Waals surface area contributed by atoms with E-state index in [1.54, 1.807) is 6.34 Å². The molecule has 2 aromatic carbocycles. The van der Waals surface area contributed by atoms with Gasteiger partial charge in [-0.1, -0.05) is 38.1 Å².